The summed E-state index contributed by atoms with van der Waals surface area (Å²) in [4.78, 5) is 2.30. The first-order chi connectivity index (χ1) is 6.81. The van der Waals surface area contributed by atoms with E-state index in [0.717, 1.165) is 25.8 Å². The fourth-order valence-corrected chi connectivity index (χ4v) is 2.15. The van der Waals surface area contributed by atoms with Crippen LogP contribution in [0.2, 0.25) is 0 Å². The molecule has 0 aromatic rings. The number of rotatable bonds is 5. The molecule has 1 unspecified atom stereocenters. The molecule has 1 aliphatic rings. The van der Waals surface area contributed by atoms with E-state index >= 15 is 0 Å². The molecule has 1 rings (SSSR count). The van der Waals surface area contributed by atoms with E-state index in [1.807, 2.05) is 6.20 Å². The SMILES string of the molecule is C=CN1CCC(NCCF)C[C@@H]1CC. The van der Waals surface area contributed by atoms with Gasteiger partial charge in [-0.25, -0.2) is 4.39 Å². The predicted molar refractivity (Wildman–Crippen MR) is 58.0 cm³/mol. The van der Waals surface area contributed by atoms with Crippen LogP contribution in [0.3, 0.4) is 0 Å². The summed E-state index contributed by atoms with van der Waals surface area (Å²) in [6, 6.07) is 1.07. The third kappa shape index (κ3) is 2.98. The minimum absolute atomic E-state index is 0.265. The first-order valence-electron chi connectivity index (χ1n) is 5.49. The van der Waals surface area contributed by atoms with E-state index in [-0.39, 0.29) is 6.67 Å². The highest BCUT2D eigenvalue weighted by atomic mass is 19.1. The number of hydrogen-bond acceptors (Lipinski definition) is 2. The van der Waals surface area contributed by atoms with E-state index in [9.17, 15) is 4.39 Å². The van der Waals surface area contributed by atoms with Crippen molar-refractivity contribution < 1.29 is 4.39 Å². The van der Waals surface area contributed by atoms with E-state index < -0.39 is 0 Å². The molecular weight excluding hydrogens is 179 g/mol. The standard InChI is InChI=1S/C11H21FN2/c1-3-11-9-10(13-7-6-12)5-8-14(11)4-2/h4,10-11,13H,2-3,5-9H2,1H3/t10?,11-/m0/s1. The van der Waals surface area contributed by atoms with Gasteiger partial charge in [0.15, 0.2) is 0 Å². The van der Waals surface area contributed by atoms with Crippen molar-refractivity contribution in [1.82, 2.24) is 10.2 Å². The number of likely N-dealkylation sites (tertiary alicyclic amines) is 1. The van der Waals surface area contributed by atoms with Crippen LogP contribution in [-0.2, 0) is 0 Å². The molecule has 0 aromatic carbocycles. The van der Waals surface area contributed by atoms with Gasteiger partial charge in [0.25, 0.3) is 0 Å². The van der Waals surface area contributed by atoms with E-state index in [2.05, 4.69) is 23.7 Å². The van der Waals surface area contributed by atoms with Gasteiger partial charge in [0.05, 0.1) is 0 Å². The molecule has 0 spiro atoms. The number of halogens is 1. The van der Waals surface area contributed by atoms with Crippen LogP contribution in [0, 0.1) is 0 Å². The maximum Gasteiger partial charge on any atom is 0.102 e. The summed E-state index contributed by atoms with van der Waals surface area (Å²) in [7, 11) is 0. The van der Waals surface area contributed by atoms with Gasteiger partial charge in [-0.2, -0.15) is 0 Å². The highest BCUT2D eigenvalue weighted by Crippen LogP contribution is 2.19. The van der Waals surface area contributed by atoms with Crippen LogP contribution in [0.15, 0.2) is 12.8 Å². The van der Waals surface area contributed by atoms with Crippen LogP contribution < -0.4 is 5.32 Å². The Hall–Kier alpha value is -0.570. The Bertz CT molecular complexity index is 173. The van der Waals surface area contributed by atoms with Crippen molar-refractivity contribution in [2.75, 3.05) is 19.8 Å². The molecule has 0 aliphatic carbocycles. The van der Waals surface area contributed by atoms with Gasteiger partial charge in [-0.15, -0.1) is 0 Å². The van der Waals surface area contributed by atoms with Gasteiger partial charge in [-0.1, -0.05) is 13.5 Å². The van der Waals surface area contributed by atoms with Crippen molar-refractivity contribution in [2.24, 2.45) is 0 Å². The molecule has 0 amide bonds. The lowest BCUT2D eigenvalue weighted by Gasteiger charge is -2.38. The van der Waals surface area contributed by atoms with Crippen LogP contribution in [0.5, 0.6) is 0 Å². The molecular formula is C11H21FN2. The average molecular weight is 200 g/mol. The first kappa shape index (κ1) is 11.5. The Morgan fingerprint density at radius 3 is 3.00 bits per heavy atom. The lowest BCUT2D eigenvalue weighted by atomic mass is 9.96. The third-order valence-corrected chi connectivity index (χ3v) is 2.99. The predicted octanol–water partition coefficient (Wildman–Crippen LogP) is 1.93. The summed E-state index contributed by atoms with van der Waals surface area (Å²) < 4.78 is 12.0. The fourth-order valence-electron chi connectivity index (χ4n) is 2.15. The summed E-state index contributed by atoms with van der Waals surface area (Å²) in [5, 5.41) is 3.24. The van der Waals surface area contributed by atoms with Crippen molar-refractivity contribution in [3.05, 3.63) is 12.8 Å². The normalized spacial score (nSPS) is 27.7. The highest BCUT2D eigenvalue weighted by Gasteiger charge is 2.24. The molecule has 1 N–H and O–H groups in total. The van der Waals surface area contributed by atoms with Crippen LogP contribution >= 0.6 is 0 Å². The number of piperidine rings is 1. The molecule has 1 saturated heterocycles. The summed E-state index contributed by atoms with van der Waals surface area (Å²) in [5.74, 6) is 0. The fraction of sp³-hybridized carbons (Fsp3) is 0.818. The summed E-state index contributed by atoms with van der Waals surface area (Å²) in [6.07, 6.45) is 5.28. The van der Waals surface area contributed by atoms with Crippen LogP contribution in [0.4, 0.5) is 4.39 Å². The Labute approximate surface area is 86.2 Å². The zero-order valence-electron chi connectivity index (χ0n) is 9.01. The lowest BCUT2D eigenvalue weighted by Crippen LogP contribution is -2.46. The Morgan fingerprint density at radius 1 is 1.64 bits per heavy atom. The highest BCUT2D eigenvalue weighted by molar-refractivity contribution is 4.88. The second-order valence-corrected chi connectivity index (χ2v) is 3.85. The van der Waals surface area contributed by atoms with Crippen molar-refractivity contribution >= 4 is 0 Å². The van der Waals surface area contributed by atoms with Gasteiger partial charge < -0.3 is 10.2 Å². The smallest absolute Gasteiger partial charge is 0.102 e. The van der Waals surface area contributed by atoms with E-state index in [4.69, 9.17) is 0 Å². The minimum atomic E-state index is -0.265. The Kier molecular flexibility index (Phi) is 4.94. The summed E-state index contributed by atoms with van der Waals surface area (Å²) in [5.41, 5.74) is 0. The van der Waals surface area contributed by atoms with Crippen LogP contribution in [0.25, 0.3) is 0 Å². The molecule has 1 aliphatic heterocycles. The average Bonchev–Trinajstić information content (AvgIpc) is 2.25. The van der Waals surface area contributed by atoms with Gasteiger partial charge >= 0.3 is 0 Å². The second kappa shape index (κ2) is 6.02. The molecule has 14 heavy (non-hydrogen) atoms. The van der Waals surface area contributed by atoms with Gasteiger partial charge in [-0.05, 0) is 25.5 Å². The maximum absolute atomic E-state index is 12.0. The molecule has 2 atom stereocenters. The monoisotopic (exact) mass is 200 g/mol. The second-order valence-electron chi connectivity index (χ2n) is 3.85. The Balaban J connectivity index is 2.36. The van der Waals surface area contributed by atoms with Gasteiger partial charge in [0.2, 0.25) is 0 Å². The van der Waals surface area contributed by atoms with Gasteiger partial charge in [0, 0.05) is 25.2 Å². The van der Waals surface area contributed by atoms with Crippen LogP contribution in [-0.4, -0.2) is 36.7 Å². The molecule has 0 saturated carbocycles. The minimum Gasteiger partial charge on any atom is -0.375 e. The van der Waals surface area contributed by atoms with Gasteiger partial charge in [0.1, 0.15) is 6.67 Å². The number of hydrogen-bond donors (Lipinski definition) is 1. The molecule has 2 nitrogen and oxygen atoms in total. The van der Waals surface area contributed by atoms with Gasteiger partial charge in [-0.3, -0.25) is 0 Å². The van der Waals surface area contributed by atoms with E-state index in [1.165, 1.54) is 0 Å². The molecule has 1 fully saturated rings. The van der Waals surface area contributed by atoms with Crippen molar-refractivity contribution in [3.63, 3.8) is 0 Å². The van der Waals surface area contributed by atoms with Crippen molar-refractivity contribution in [3.8, 4) is 0 Å². The molecule has 0 aromatic heterocycles. The largest absolute Gasteiger partial charge is 0.375 e. The topological polar surface area (TPSA) is 15.3 Å². The van der Waals surface area contributed by atoms with Crippen molar-refractivity contribution in [1.29, 1.82) is 0 Å². The summed E-state index contributed by atoms with van der Waals surface area (Å²) >= 11 is 0. The molecule has 0 radical (unpaired) electrons. The lowest BCUT2D eigenvalue weighted by molar-refractivity contribution is 0.174. The third-order valence-electron chi connectivity index (χ3n) is 2.99. The zero-order valence-corrected chi connectivity index (χ0v) is 9.01. The zero-order chi connectivity index (χ0) is 10.4. The number of nitrogens with one attached hydrogen (secondary N) is 1. The van der Waals surface area contributed by atoms with E-state index in [1.54, 1.807) is 0 Å². The molecule has 3 heteroatoms. The number of alkyl halides is 1. The summed E-state index contributed by atoms with van der Waals surface area (Å²) in [6.45, 7) is 7.29. The van der Waals surface area contributed by atoms with Crippen LogP contribution in [0.1, 0.15) is 26.2 Å². The first-order valence-corrected chi connectivity index (χ1v) is 5.49. The maximum atomic E-state index is 12.0. The Morgan fingerprint density at radius 2 is 2.43 bits per heavy atom. The molecule has 82 valence electrons. The molecule has 1 heterocycles. The van der Waals surface area contributed by atoms with E-state index in [0.29, 0.717) is 18.6 Å². The number of nitrogens with zero attached hydrogens (tertiary/aromatic N) is 1. The quantitative estimate of drug-likeness (QED) is 0.729. The van der Waals surface area contributed by atoms with Crippen molar-refractivity contribution in [2.45, 2.75) is 38.3 Å². The molecule has 0 bridgehead atoms.